The van der Waals surface area contributed by atoms with Crippen LogP contribution in [0.15, 0.2) is 0 Å². The van der Waals surface area contributed by atoms with Gasteiger partial charge < -0.3 is 25.6 Å². The van der Waals surface area contributed by atoms with Crippen molar-refractivity contribution in [1.82, 2.24) is 5.48 Å². The predicted octanol–water partition coefficient (Wildman–Crippen LogP) is -3.09. The van der Waals surface area contributed by atoms with Crippen LogP contribution in [0.1, 0.15) is 0 Å². The molecule has 0 aliphatic rings. The molecule has 8 heavy (non-hydrogen) atoms. The highest BCUT2D eigenvalue weighted by molar-refractivity contribution is 4.54. The summed E-state index contributed by atoms with van der Waals surface area (Å²) in [6, 6.07) is 0. The van der Waals surface area contributed by atoms with Gasteiger partial charge in [-0.15, -0.1) is 5.48 Å². The lowest BCUT2D eigenvalue weighted by Crippen LogP contribution is -2.53. The van der Waals surface area contributed by atoms with E-state index >= 15 is 0 Å². The van der Waals surface area contributed by atoms with Gasteiger partial charge in [-0.1, -0.05) is 0 Å². The van der Waals surface area contributed by atoms with Crippen LogP contribution in [0, 0.1) is 0 Å². The summed E-state index contributed by atoms with van der Waals surface area (Å²) in [5.74, 6) is -3.04. The number of hydrogen-bond acceptors (Lipinski definition) is 6. The fraction of sp³-hybridized carbons (Fsp3) is 1.00. The first kappa shape index (κ1) is 7.76. The Balaban J connectivity index is 3.71. The van der Waals surface area contributed by atoms with E-state index in [-0.39, 0.29) is 0 Å². The molecule has 0 aromatic rings. The van der Waals surface area contributed by atoms with Gasteiger partial charge in [0.25, 0.3) is 5.91 Å². The molecule has 0 heterocycles. The average molecular weight is 125 g/mol. The molecule has 0 aromatic heterocycles. The molecular weight excluding hydrogens is 118 g/mol. The molecule has 0 unspecified atom stereocenters. The minimum absolute atomic E-state index is 0.852. The van der Waals surface area contributed by atoms with Crippen LogP contribution in [-0.4, -0.2) is 37.8 Å². The van der Waals surface area contributed by atoms with Crippen molar-refractivity contribution in [3.8, 4) is 0 Å². The predicted molar refractivity (Wildman–Crippen MR) is 20.3 cm³/mol. The quantitative estimate of drug-likeness (QED) is 0.172. The van der Waals surface area contributed by atoms with Crippen molar-refractivity contribution in [2.24, 2.45) is 0 Å². The fourth-order valence-electron chi connectivity index (χ4n) is 0.0577. The fourth-order valence-corrected chi connectivity index (χ4v) is 0.0577. The van der Waals surface area contributed by atoms with Gasteiger partial charge in [-0.3, -0.25) is 0 Å². The summed E-state index contributed by atoms with van der Waals surface area (Å²) in [6.07, 6.45) is -2.44. The highest BCUT2D eigenvalue weighted by Gasteiger charge is 2.30. The summed E-state index contributed by atoms with van der Waals surface area (Å²) in [5.41, 5.74) is 0.852. The molecule has 0 aromatic carbocycles. The molecule has 0 aliphatic heterocycles. The van der Waals surface area contributed by atoms with Gasteiger partial charge >= 0.3 is 0 Å². The maximum absolute atomic E-state index is 8.09. The maximum Gasteiger partial charge on any atom is 0.297 e. The Labute approximate surface area is 44.6 Å². The summed E-state index contributed by atoms with van der Waals surface area (Å²) < 4.78 is 0. The molecule has 6 N–H and O–H groups in total. The van der Waals surface area contributed by atoms with Crippen LogP contribution in [-0.2, 0) is 0 Å². The molecule has 0 atom stereocenters. The van der Waals surface area contributed by atoms with Gasteiger partial charge in [0.1, 0.15) is 0 Å². The van der Waals surface area contributed by atoms with Crippen molar-refractivity contribution in [2.75, 3.05) is 0 Å². The zero-order valence-electron chi connectivity index (χ0n) is 3.81. The highest BCUT2D eigenvalue weighted by atomic mass is 16.7. The zero-order valence-corrected chi connectivity index (χ0v) is 3.81. The van der Waals surface area contributed by atoms with Gasteiger partial charge in [-0.25, -0.2) is 0 Å². The number of hydroxylamine groups is 1. The molecule has 0 saturated heterocycles. The SMILES string of the molecule is ONC(O)(O)C(O)O. The van der Waals surface area contributed by atoms with Crippen LogP contribution in [0.3, 0.4) is 0 Å². The minimum atomic E-state index is -3.04. The number of rotatable bonds is 2. The third-order valence-corrected chi connectivity index (χ3v) is 0.525. The van der Waals surface area contributed by atoms with E-state index in [4.69, 9.17) is 25.6 Å². The largest absolute Gasteiger partial charge is 0.363 e. The van der Waals surface area contributed by atoms with Crippen LogP contribution in [0.4, 0.5) is 0 Å². The van der Waals surface area contributed by atoms with Gasteiger partial charge in [-0.2, -0.15) is 0 Å². The van der Waals surface area contributed by atoms with Crippen LogP contribution in [0.5, 0.6) is 0 Å². The highest BCUT2D eigenvalue weighted by Crippen LogP contribution is 1.95. The summed E-state index contributed by atoms with van der Waals surface area (Å²) in [4.78, 5) is 0. The number of aliphatic hydroxyl groups is 4. The van der Waals surface area contributed by atoms with E-state index in [9.17, 15) is 0 Å². The van der Waals surface area contributed by atoms with E-state index in [2.05, 4.69) is 0 Å². The molecule has 0 aliphatic carbocycles. The van der Waals surface area contributed by atoms with Crippen molar-refractivity contribution in [2.45, 2.75) is 12.2 Å². The monoisotopic (exact) mass is 125 g/mol. The molecule has 0 rings (SSSR count). The Kier molecular flexibility index (Phi) is 2.28. The molecule has 0 amide bonds. The first-order valence-corrected chi connectivity index (χ1v) is 1.73. The second-order valence-corrected chi connectivity index (χ2v) is 1.21. The van der Waals surface area contributed by atoms with E-state index in [0.29, 0.717) is 0 Å². The molecule has 0 radical (unpaired) electrons. The lowest BCUT2D eigenvalue weighted by Gasteiger charge is -2.19. The minimum Gasteiger partial charge on any atom is -0.363 e. The first-order valence-electron chi connectivity index (χ1n) is 1.73. The van der Waals surface area contributed by atoms with Crippen LogP contribution < -0.4 is 5.48 Å². The van der Waals surface area contributed by atoms with Crippen molar-refractivity contribution in [3.05, 3.63) is 0 Å². The van der Waals surface area contributed by atoms with Crippen molar-refractivity contribution >= 4 is 0 Å². The lowest BCUT2D eigenvalue weighted by atomic mass is 10.5. The summed E-state index contributed by atoms with van der Waals surface area (Å²) in [6.45, 7) is 0. The second-order valence-electron chi connectivity index (χ2n) is 1.21. The van der Waals surface area contributed by atoms with Gasteiger partial charge in [0.2, 0.25) is 6.29 Å². The number of nitrogens with one attached hydrogen (secondary N) is 1. The van der Waals surface area contributed by atoms with E-state index in [1.807, 2.05) is 0 Å². The van der Waals surface area contributed by atoms with Crippen molar-refractivity contribution in [3.63, 3.8) is 0 Å². The molecule has 6 nitrogen and oxygen atoms in total. The standard InChI is InChI=1S/C2H7NO5/c4-1(5)2(6,7)3-8/h1,3-8H. The molecule has 0 bridgehead atoms. The van der Waals surface area contributed by atoms with Gasteiger partial charge in [0.05, 0.1) is 0 Å². The van der Waals surface area contributed by atoms with E-state index < -0.39 is 12.2 Å². The molecule has 50 valence electrons. The topological polar surface area (TPSA) is 113 Å². The molecule has 6 heteroatoms. The molecule has 0 fully saturated rings. The van der Waals surface area contributed by atoms with Crippen LogP contribution in [0.2, 0.25) is 0 Å². The third-order valence-electron chi connectivity index (χ3n) is 0.525. The molecule has 0 spiro atoms. The summed E-state index contributed by atoms with van der Waals surface area (Å²) >= 11 is 0. The van der Waals surface area contributed by atoms with E-state index in [1.54, 1.807) is 0 Å². The van der Waals surface area contributed by atoms with Crippen molar-refractivity contribution in [1.29, 1.82) is 0 Å². The third kappa shape index (κ3) is 1.70. The Bertz CT molecular complexity index is 70.8. The number of hydrogen-bond donors (Lipinski definition) is 6. The normalized spacial score (nSPS) is 12.8. The van der Waals surface area contributed by atoms with Crippen LogP contribution >= 0.6 is 0 Å². The van der Waals surface area contributed by atoms with Crippen molar-refractivity contribution < 1.29 is 25.6 Å². The first-order chi connectivity index (χ1) is 3.50. The van der Waals surface area contributed by atoms with Gasteiger partial charge in [0.15, 0.2) is 0 Å². The summed E-state index contributed by atoms with van der Waals surface area (Å²) in [5, 5.41) is 39.7. The Morgan fingerprint density at radius 2 is 1.62 bits per heavy atom. The lowest BCUT2D eigenvalue weighted by molar-refractivity contribution is -0.337. The second kappa shape index (κ2) is 2.35. The van der Waals surface area contributed by atoms with E-state index in [1.165, 1.54) is 0 Å². The van der Waals surface area contributed by atoms with E-state index in [0.717, 1.165) is 5.48 Å². The Morgan fingerprint density at radius 1 is 1.25 bits per heavy atom. The Morgan fingerprint density at radius 3 is 1.62 bits per heavy atom. The van der Waals surface area contributed by atoms with Gasteiger partial charge in [-0.05, 0) is 0 Å². The summed E-state index contributed by atoms with van der Waals surface area (Å²) in [7, 11) is 0. The van der Waals surface area contributed by atoms with Gasteiger partial charge in [0, 0.05) is 0 Å². The Hall–Kier alpha value is -0.240. The van der Waals surface area contributed by atoms with Crippen LogP contribution in [0.25, 0.3) is 0 Å². The number of aliphatic hydroxyl groups excluding tert-OH is 1. The smallest absolute Gasteiger partial charge is 0.297 e. The zero-order chi connectivity index (χ0) is 6.78. The average Bonchev–Trinajstić information content (AvgIpc) is 1.67. The molecule has 0 saturated carbocycles. The molecular formula is C2H7NO5. The maximum atomic E-state index is 8.09.